The average Bonchev–Trinajstić information content (AvgIpc) is 2.73. The SMILES string of the molecule is COc1cc(SC)ccc1C(=O)NNC(=O)CN1C(=O)COc2ccccc21. The fourth-order valence-electron chi connectivity index (χ4n) is 2.69. The van der Waals surface area contributed by atoms with E-state index >= 15 is 0 Å². The molecular weight excluding hydrogens is 382 g/mol. The summed E-state index contributed by atoms with van der Waals surface area (Å²) in [6, 6.07) is 12.1. The van der Waals surface area contributed by atoms with E-state index in [1.807, 2.05) is 6.26 Å². The number of para-hydroxylation sites is 2. The first-order chi connectivity index (χ1) is 13.5. The van der Waals surface area contributed by atoms with Crippen molar-refractivity contribution in [3.63, 3.8) is 0 Å². The van der Waals surface area contributed by atoms with Gasteiger partial charge in [0.25, 0.3) is 17.7 Å². The maximum absolute atomic E-state index is 12.4. The van der Waals surface area contributed by atoms with E-state index in [0.717, 1.165) is 4.90 Å². The summed E-state index contributed by atoms with van der Waals surface area (Å²) in [5, 5.41) is 0. The molecule has 1 aliphatic heterocycles. The minimum Gasteiger partial charge on any atom is -0.496 e. The molecule has 0 spiro atoms. The minimum atomic E-state index is -0.543. The molecule has 0 saturated carbocycles. The van der Waals surface area contributed by atoms with Crippen molar-refractivity contribution in [3.8, 4) is 11.5 Å². The van der Waals surface area contributed by atoms with Crippen molar-refractivity contribution in [2.24, 2.45) is 0 Å². The van der Waals surface area contributed by atoms with E-state index < -0.39 is 11.8 Å². The number of thioether (sulfide) groups is 1. The lowest BCUT2D eigenvalue weighted by Crippen LogP contribution is -2.49. The standard InChI is InChI=1S/C19H19N3O5S/c1-26-16-9-12(28-2)7-8-13(16)19(25)21-20-17(23)10-22-14-5-3-4-6-15(14)27-11-18(22)24/h3-9H,10-11H2,1-2H3,(H,20,23)(H,21,25). The van der Waals surface area contributed by atoms with Crippen LogP contribution in [0.15, 0.2) is 47.4 Å². The zero-order valence-electron chi connectivity index (χ0n) is 15.4. The van der Waals surface area contributed by atoms with Crippen molar-refractivity contribution >= 4 is 35.2 Å². The van der Waals surface area contributed by atoms with Crippen LogP contribution in [0.5, 0.6) is 11.5 Å². The summed E-state index contributed by atoms with van der Waals surface area (Å²) in [5.41, 5.74) is 5.46. The maximum atomic E-state index is 12.4. The molecule has 3 rings (SSSR count). The van der Waals surface area contributed by atoms with Crippen LogP contribution < -0.4 is 25.2 Å². The molecular formula is C19H19N3O5S. The van der Waals surface area contributed by atoms with E-state index in [1.165, 1.54) is 23.8 Å². The fraction of sp³-hybridized carbons (Fsp3) is 0.211. The Balaban J connectivity index is 1.63. The number of fused-ring (bicyclic) bond motifs is 1. The maximum Gasteiger partial charge on any atom is 0.273 e. The second kappa shape index (κ2) is 8.66. The lowest BCUT2D eigenvalue weighted by Gasteiger charge is -2.28. The number of amides is 3. The lowest BCUT2D eigenvalue weighted by molar-refractivity contribution is -0.125. The van der Waals surface area contributed by atoms with Gasteiger partial charge < -0.3 is 9.47 Å². The Hall–Kier alpha value is -3.20. The highest BCUT2D eigenvalue weighted by Gasteiger charge is 2.27. The first-order valence-corrected chi connectivity index (χ1v) is 9.59. The van der Waals surface area contributed by atoms with Crippen molar-refractivity contribution in [3.05, 3.63) is 48.0 Å². The summed E-state index contributed by atoms with van der Waals surface area (Å²) < 4.78 is 10.6. The summed E-state index contributed by atoms with van der Waals surface area (Å²) in [6.07, 6.45) is 1.92. The number of methoxy groups -OCH3 is 1. The van der Waals surface area contributed by atoms with Crippen LogP contribution in [0.3, 0.4) is 0 Å². The van der Waals surface area contributed by atoms with E-state index in [2.05, 4.69) is 10.9 Å². The number of benzene rings is 2. The summed E-state index contributed by atoms with van der Waals surface area (Å²) >= 11 is 1.52. The highest BCUT2D eigenvalue weighted by atomic mass is 32.2. The van der Waals surface area contributed by atoms with Crippen LogP contribution >= 0.6 is 11.8 Å². The Labute approximate surface area is 166 Å². The molecule has 0 radical (unpaired) electrons. The molecule has 2 aromatic carbocycles. The van der Waals surface area contributed by atoms with Gasteiger partial charge in [0.05, 0.1) is 18.4 Å². The van der Waals surface area contributed by atoms with Crippen LogP contribution in [0, 0.1) is 0 Å². The Morgan fingerprint density at radius 3 is 2.75 bits per heavy atom. The monoisotopic (exact) mass is 401 g/mol. The molecule has 0 saturated heterocycles. The van der Waals surface area contributed by atoms with Gasteiger partial charge in [-0.1, -0.05) is 12.1 Å². The molecule has 0 fully saturated rings. The topological polar surface area (TPSA) is 97.0 Å². The van der Waals surface area contributed by atoms with Gasteiger partial charge in [-0.2, -0.15) is 0 Å². The van der Waals surface area contributed by atoms with Gasteiger partial charge in [0.15, 0.2) is 6.61 Å². The summed E-state index contributed by atoms with van der Waals surface area (Å²) in [5.74, 6) is -0.479. The number of hydrazine groups is 1. The molecule has 0 aromatic heterocycles. The van der Waals surface area contributed by atoms with Gasteiger partial charge in [0.2, 0.25) is 0 Å². The lowest BCUT2D eigenvalue weighted by atomic mass is 10.2. The number of ether oxygens (including phenoxy) is 2. The van der Waals surface area contributed by atoms with Crippen LogP contribution in [0.1, 0.15) is 10.4 Å². The number of hydrogen-bond acceptors (Lipinski definition) is 6. The summed E-state index contributed by atoms with van der Waals surface area (Å²) in [4.78, 5) is 39.0. The third kappa shape index (κ3) is 4.20. The average molecular weight is 401 g/mol. The molecule has 2 N–H and O–H groups in total. The number of hydrogen-bond donors (Lipinski definition) is 2. The number of anilines is 1. The van der Waals surface area contributed by atoms with E-state index in [1.54, 1.807) is 42.5 Å². The van der Waals surface area contributed by atoms with Crippen LogP contribution in [-0.2, 0) is 9.59 Å². The molecule has 2 aromatic rings. The van der Waals surface area contributed by atoms with Gasteiger partial charge in [-0.15, -0.1) is 11.8 Å². The van der Waals surface area contributed by atoms with Crippen LogP contribution in [0.4, 0.5) is 5.69 Å². The Bertz CT molecular complexity index is 918. The van der Waals surface area contributed by atoms with E-state index in [0.29, 0.717) is 17.2 Å². The highest BCUT2D eigenvalue weighted by molar-refractivity contribution is 7.98. The van der Waals surface area contributed by atoms with Crippen molar-refractivity contribution in [2.75, 3.05) is 31.4 Å². The van der Waals surface area contributed by atoms with Crippen LogP contribution in [-0.4, -0.2) is 44.2 Å². The van der Waals surface area contributed by atoms with Crippen LogP contribution in [0.2, 0.25) is 0 Å². The van der Waals surface area contributed by atoms with Crippen LogP contribution in [0.25, 0.3) is 0 Å². The fourth-order valence-corrected chi connectivity index (χ4v) is 3.12. The number of nitrogens with zero attached hydrogens (tertiary/aromatic N) is 1. The summed E-state index contributed by atoms with van der Waals surface area (Å²) in [7, 11) is 1.47. The predicted molar refractivity (Wildman–Crippen MR) is 105 cm³/mol. The van der Waals surface area contributed by atoms with Gasteiger partial charge in [0.1, 0.15) is 18.0 Å². The first kappa shape index (κ1) is 19.6. The van der Waals surface area contributed by atoms with Crippen molar-refractivity contribution in [1.82, 2.24) is 10.9 Å². The van der Waals surface area contributed by atoms with Gasteiger partial charge in [-0.05, 0) is 36.6 Å². The minimum absolute atomic E-state index is 0.143. The van der Waals surface area contributed by atoms with E-state index in [-0.39, 0.29) is 24.6 Å². The van der Waals surface area contributed by atoms with Crippen molar-refractivity contribution in [1.29, 1.82) is 0 Å². The van der Waals surface area contributed by atoms with Crippen molar-refractivity contribution < 1.29 is 23.9 Å². The number of nitrogens with one attached hydrogen (secondary N) is 2. The number of carbonyl (C=O) groups is 3. The van der Waals surface area contributed by atoms with E-state index in [4.69, 9.17) is 9.47 Å². The molecule has 8 nitrogen and oxygen atoms in total. The molecule has 28 heavy (non-hydrogen) atoms. The Morgan fingerprint density at radius 2 is 2.00 bits per heavy atom. The normalized spacial score (nSPS) is 12.6. The Kier molecular flexibility index (Phi) is 6.05. The zero-order valence-corrected chi connectivity index (χ0v) is 16.2. The Morgan fingerprint density at radius 1 is 1.21 bits per heavy atom. The third-order valence-corrected chi connectivity index (χ3v) is 4.80. The molecule has 1 heterocycles. The van der Waals surface area contributed by atoms with Gasteiger partial charge in [-0.25, -0.2) is 0 Å². The zero-order chi connectivity index (χ0) is 20.1. The molecule has 0 aliphatic carbocycles. The third-order valence-electron chi connectivity index (χ3n) is 4.08. The molecule has 0 atom stereocenters. The molecule has 0 bridgehead atoms. The van der Waals surface area contributed by atoms with Gasteiger partial charge >= 0.3 is 0 Å². The first-order valence-electron chi connectivity index (χ1n) is 8.37. The molecule has 146 valence electrons. The van der Waals surface area contributed by atoms with Gasteiger partial charge in [0, 0.05) is 4.90 Å². The van der Waals surface area contributed by atoms with Crippen molar-refractivity contribution in [2.45, 2.75) is 4.90 Å². The second-order valence-corrected chi connectivity index (χ2v) is 6.68. The smallest absolute Gasteiger partial charge is 0.273 e. The molecule has 1 aliphatic rings. The second-order valence-electron chi connectivity index (χ2n) is 5.80. The molecule has 9 heteroatoms. The number of carbonyl (C=O) groups excluding carboxylic acids is 3. The summed E-state index contributed by atoms with van der Waals surface area (Å²) in [6.45, 7) is -0.391. The molecule has 3 amide bonds. The number of rotatable bonds is 5. The quantitative estimate of drug-likeness (QED) is 0.584. The van der Waals surface area contributed by atoms with Gasteiger partial charge in [-0.3, -0.25) is 30.1 Å². The predicted octanol–water partition coefficient (Wildman–Crippen LogP) is 1.60. The van der Waals surface area contributed by atoms with E-state index in [9.17, 15) is 14.4 Å². The largest absolute Gasteiger partial charge is 0.496 e. The molecule has 0 unspecified atom stereocenters. The highest BCUT2D eigenvalue weighted by Crippen LogP contribution is 2.31.